The molecule has 0 atom stereocenters. The zero-order valence-corrected chi connectivity index (χ0v) is 19.4. The van der Waals surface area contributed by atoms with Crippen molar-refractivity contribution in [3.8, 4) is 0 Å². The van der Waals surface area contributed by atoms with Gasteiger partial charge in [0.2, 0.25) is 11.9 Å². The SMILES string of the molecule is CC(C)c1nc(Nc2ccc(C(=O)N3CCCC3)cc2)nc(Nc2ccc3ncsc3c2)n1. The molecule has 3 heterocycles. The standard InChI is InChI=1S/C24H25N7OS/c1-15(2)21-28-23(26-17-7-5-16(6-8-17)22(32)31-11-3-4-12-31)30-24(29-21)27-18-9-10-19-20(13-18)33-14-25-19/h5-10,13-15H,3-4,11-12H2,1-2H3,(H2,26,27,28,29,30). The van der Waals surface area contributed by atoms with E-state index in [2.05, 4.69) is 30.6 Å². The number of carbonyl (C=O) groups is 1. The number of likely N-dealkylation sites (tertiary alicyclic amines) is 1. The Bertz CT molecular complexity index is 1280. The molecule has 1 aliphatic heterocycles. The van der Waals surface area contributed by atoms with Crippen LogP contribution in [0.5, 0.6) is 0 Å². The fraction of sp³-hybridized carbons (Fsp3) is 0.292. The lowest BCUT2D eigenvalue weighted by Gasteiger charge is -2.15. The van der Waals surface area contributed by atoms with Gasteiger partial charge in [-0.1, -0.05) is 13.8 Å². The fourth-order valence-corrected chi connectivity index (χ4v) is 4.47. The van der Waals surface area contributed by atoms with Gasteiger partial charge in [0, 0.05) is 35.9 Å². The first-order valence-corrected chi connectivity index (χ1v) is 12.0. The monoisotopic (exact) mass is 459 g/mol. The van der Waals surface area contributed by atoms with Gasteiger partial charge in [0.25, 0.3) is 5.91 Å². The van der Waals surface area contributed by atoms with Crippen LogP contribution in [-0.4, -0.2) is 43.8 Å². The van der Waals surface area contributed by atoms with Crippen molar-refractivity contribution in [2.24, 2.45) is 0 Å². The van der Waals surface area contributed by atoms with Crippen LogP contribution in [0.3, 0.4) is 0 Å². The number of nitrogens with one attached hydrogen (secondary N) is 2. The summed E-state index contributed by atoms with van der Waals surface area (Å²) >= 11 is 1.59. The Morgan fingerprint density at radius 2 is 1.61 bits per heavy atom. The fourth-order valence-electron chi connectivity index (χ4n) is 3.75. The summed E-state index contributed by atoms with van der Waals surface area (Å²) in [6.07, 6.45) is 2.16. The molecule has 8 nitrogen and oxygen atoms in total. The summed E-state index contributed by atoms with van der Waals surface area (Å²) in [5.74, 6) is 1.84. The normalized spacial score (nSPS) is 13.6. The van der Waals surface area contributed by atoms with Gasteiger partial charge < -0.3 is 15.5 Å². The predicted molar refractivity (Wildman–Crippen MR) is 132 cm³/mol. The molecule has 1 saturated heterocycles. The molecule has 0 aliphatic carbocycles. The maximum absolute atomic E-state index is 12.6. The average Bonchev–Trinajstić information content (AvgIpc) is 3.51. The first kappa shape index (κ1) is 21.3. The number of rotatable bonds is 6. The molecule has 4 aromatic rings. The summed E-state index contributed by atoms with van der Waals surface area (Å²) < 4.78 is 1.10. The van der Waals surface area contributed by atoms with Crippen LogP contribution in [-0.2, 0) is 0 Å². The number of fused-ring (bicyclic) bond motifs is 1. The van der Waals surface area contributed by atoms with Crippen molar-refractivity contribution in [2.75, 3.05) is 23.7 Å². The van der Waals surface area contributed by atoms with Crippen molar-refractivity contribution >= 4 is 50.7 Å². The molecule has 33 heavy (non-hydrogen) atoms. The molecule has 1 aliphatic rings. The van der Waals surface area contributed by atoms with Crippen LogP contribution in [0.25, 0.3) is 10.2 Å². The van der Waals surface area contributed by atoms with Crippen molar-refractivity contribution in [3.05, 3.63) is 59.4 Å². The molecule has 0 unspecified atom stereocenters. The number of amides is 1. The van der Waals surface area contributed by atoms with Gasteiger partial charge in [-0.15, -0.1) is 11.3 Å². The summed E-state index contributed by atoms with van der Waals surface area (Å²) in [6.45, 7) is 5.77. The molecule has 2 aromatic heterocycles. The van der Waals surface area contributed by atoms with E-state index in [1.54, 1.807) is 11.3 Å². The van der Waals surface area contributed by atoms with E-state index in [-0.39, 0.29) is 11.8 Å². The molecule has 5 rings (SSSR count). The summed E-state index contributed by atoms with van der Waals surface area (Å²) in [6, 6.07) is 13.4. The Morgan fingerprint density at radius 3 is 2.30 bits per heavy atom. The third-order valence-electron chi connectivity index (χ3n) is 5.54. The van der Waals surface area contributed by atoms with Gasteiger partial charge in [-0.05, 0) is 55.3 Å². The molecule has 168 valence electrons. The van der Waals surface area contributed by atoms with Gasteiger partial charge in [0.1, 0.15) is 5.82 Å². The highest BCUT2D eigenvalue weighted by Crippen LogP contribution is 2.25. The third kappa shape index (κ3) is 4.78. The van der Waals surface area contributed by atoms with Gasteiger partial charge in [0.05, 0.1) is 15.7 Å². The molecule has 1 amide bonds. The molecule has 0 radical (unpaired) electrons. The number of nitrogens with zero attached hydrogens (tertiary/aromatic N) is 5. The van der Waals surface area contributed by atoms with Crippen LogP contribution in [0.2, 0.25) is 0 Å². The second-order valence-corrected chi connectivity index (χ2v) is 9.24. The third-order valence-corrected chi connectivity index (χ3v) is 6.33. The van der Waals surface area contributed by atoms with E-state index in [0.29, 0.717) is 23.3 Å². The molecular formula is C24H25N7OS. The lowest BCUT2D eigenvalue weighted by atomic mass is 10.2. The molecular weight excluding hydrogens is 434 g/mol. The van der Waals surface area contributed by atoms with Crippen LogP contribution in [0.4, 0.5) is 23.3 Å². The second kappa shape index (κ2) is 9.11. The van der Waals surface area contributed by atoms with E-state index >= 15 is 0 Å². The summed E-state index contributed by atoms with van der Waals surface area (Å²) in [4.78, 5) is 32.5. The Morgan fingerprint density at radius 1 is 0.939 bits per heavy atom. The summed E-state index contributed by atoms with van der Waals surface area (Å²) in [5, 5.41) is 6.54. The Hall–Kier alpha value is -3.59. The van der Waals surface area contributed by atoms with Crippen LogP contribution in [0.1, 0.15) is 48.8 Å². The highest BCUT2D eigenvalue weighted by Gasteiger charge is 2.19. The number of anilines is 4. The summed E-state index contributed by atoms with van der Waals surface area (Å²) in [7, 11) is 0. The van der Waals surface area contributed by atoms with Gasteiger partial charge in [-0.25, -0.2) is 4.98 Å². The molecule has 0 bridgehead atoms. The van der Waals surface area contributed by atoms with Gasteiger partial charge >= 0.3 is 0 Å². The van der Waals surface area contributed by atoms with E-state index in [9.17, 15) is 4.79 Å². The van der Waals surface area contributed by atoms with E-state index in [0.717, 1.165) is 47.5 Å². The maximum atomic E-state index is 12.6. The average molecular weight is 460 g/mol. The van der Waals surface area contributed by atoms with E-state index in [1.165, 1.54) is 0 Å². The largest absolute Gasteiger partial charge is 0.339 e. The summed E-state index contributed by atoms with van der Waals surface area (Å²) in [5.41, 5.74) is 5.20. The zero-order chi connectivity index (χ0) is 22.8. The molecule has 0 spiro atoms. The number of hydrogen-bond acceptors (Lipinski definition) is 8. The zero-order valence-electron chi connectivity index (χ0n) is 18.6. The van der Waals surface area contributed by atoms with Crippen LogP contribution in [0.15, 0.2) is 48.0 Å². The minimum absolute atomic E-state index is 0.0886. The van der Waals surface area contributed by atoms with E-state index in [4.69, 9.17) is 0 Å². The van der Waals surface area contributed by atoms with Crippen molar-refractivity contribution in [1.29, 1.82) is 0 Å². The van der Waals surface area contributed by atoms with Crippen molar-refractivity contribution in [3.63, 3.8) is 0 Å². The van der Waals surface area contributed by atoms with Gasteiger partial charge in [-0.2, -0.15) is 15.0 Å². The molecule has 2 aromatic carbocycles. The smallest absolute Gasteiger partial charge is 0.253 e. The van der Waals surface area contributed by atoms with Gasteiger partial charge in [-0.3, -0.25) is 4.79 Å². The number of benzene rings is 2. The van der Waals surface area contributed by atoms with Crippen molar-refractivity contribution < 1.29 is 4.79 Å². The number of hydrogen-bond donors (Lipinski definition) is 2. The van der Waals surface area contributed by atoms with Crippen LogP contribution in [0, 0.1) is 0 Å². The van der Waals surface area contributed by atoms with Gasteiger partial charge in [0.15, 0.2) is 0 Å². The maximum Gasteiger partial charge on any atom is 0.253 e. The molecule has 0 saturated carbocycles. The van der Waals surface area contributed by atoms with E-state index in [1.807, 2.05) is 66.7 Å². The van der Waals surface area contributed by atoms with E-state index < -0.39 is 0 Å². The number of aromatic nitrogens is 4. The Kier molecular flexibility index (Phi) is 5.87. The molecule has 2 N–H and O–H groups in total. The lowest BCUT2D eigenvalue weighted by molar-refractivity contribution is 0.0793. The number of thiazole rings is 1. The molecule has 1 fully saturated rings. The van der Waals surface area contributed by atoms with Crippen molar-refractivity contribution in [1.82, 2.24) is 24.8 Å². The number of carbonyl (C=O) groups excluding carboxylic acids is 1. The minimum atomic E-state index is 0.0886. The first-order chi connectivity index (χ1) is 16.0. The second-order valence-electron chi connectivity index (χ2n) is 8.36. The quantitative estimate of drug-likeness (QED) is 0.402. The topological polar surface area (TPSA) is 95.9 Å². The molecule has 9 heteroatoms. The van der Waals surface area contributed by atoms with Crippen LogP contribution < -0.4 is 10.6 Å². The predicted octanol–water partition coefficient (Wildman–Crippen LogP) is 5.33. The Labute approximate surface area is 196 Å². The first-order valence-electron chi connectivity index (χ1n) is 11.1. The highest BCUT2D eigenvalue weighted by atomic mass is 32.1. The van der Waals surface area contributed by atoms with Crippen molar-refractivity contribution in [2.45, 2.75) is 32.6 Å². The highest BCUT2D eigenvalue weighted by molar-refractivity contribution is 7.16. The minimum Gasteiger partial charge on any atom is -0.339 e. The van der Waals surface area contributed by atoms with Crippen LogP contribution >= 0.6 is 11.3 Å². The Balaban J connectivity index is 1.36. The lowest BCUT2D eigenvalue weighted by Crippen LogP contribution is -2.27.